The molecule has 15 heavy (non-hydrogen) atoms. The van der Waals surface area contributed by atoms with E-state index in [1.807, 2.05) is 13.0 Å². The summed E-state index contributed by atoms with van der Waals surface area (Å²) >= 11 is 5.52. The van der Waals surface area contributed by atoms with Gasteiger partial charge in [0.25, 0.3) is 0 Å². The average Bonchev–Trinajstić information content (AvgIpc) is 2.18. The number of halogens is 1. The van der Waals surface area contributed by atoms with E-state index in [-0.39, 0.29) is 5.91 Å². The summed E-state index contributed by atoms with van der Waals surface area (Å²) in [4.78, 5) is 15.4. The summed E-state index contributed by atoms with van der Waals surface area (Å²) in [5.74, 6) is 0.631. The normalized spacial score (nSPS) is 10.0. The molecule has 0 saturated carbocycles. The van der Waals surface area contributed by atoms with Crippen LogP contribution >= 0.6 is 11.6 Å². The standard InChI is InChI=1S/C11H15ClN2O/c1-9-6-10(8-13-7-9)14-11(15)4-2-3-5-12/h6-8H,2-5H2,1H3,(H,14,15). The number of hydrogen-bond donors (Lipinski definition) is 1. The first-order valence-corrected chi connectivity index (χ1v) is 5.53. The molecular weight excluding hydrogens is 212 g/mol. The molecule has 1 N–H and O–H groups in total. The Morgan fingerprint density at radius 2 is 2.27 bits per heavy atom. The fourth-order valence-corrected chi connectivity index (χ4v) is 1.42. The number of anilines is 1. The van der Waals surface area contributed by atoms with E-state index in [9.17, 15) is 4.79 Å². The van der Waals surface area contributed by atoms with Gasteiger partial charge in [-0.3, -0.25) is 9.78 Å². The van der Waals surface area contributed by atoms with Crippen LogP contribution in [0.25, 0.3) is 0 Å². The third-order valence-electron chi connectivity index (χ3n) is 1.95. The number of amides is 1. The average molecular weight is 227 g/mol. The van der Waals surface area contributed by atoms with Gasteiger partial charge in [-0.15, -0.1) is 11.6 Å². The number of unbranched alkanes of at least 4 members (excludes halogenated alkanes) is 1. The number of hydrogen-bond acceptors (Lipinski definition) is 2. The quantitative estimate of drug-likeness (QED) is 0.620. The number of rotatable bonds is 5. The lowest BCUT2D eigenvalue weighted by atomic mass is 10.2. The molecule has 0 aliphatic heterocycles. The molecule has 0 atom stereocenters. The van der Waals surface area contributed by atoms with Crippen LogP contribution in [0.1, 0.15) is 24.8 Å². The molecule has 82 valence electrons. The van der Waals surface area contributed by atoms with E-state index in [1.54, 1.807) is 12.4 Å². The third-order valence-corrected chi connectivity index (χ3v) is 2.21. The summed E-state index contributed by atoms with van der Waals surface area (Å²) < 4.78 is 0. The van der Waals surface area contributed by atoms with Gasteiger partial charge >= 0.3 is 0 Å². The number of nitrogens with one attached hydrogen (secondary N) is 1. The van der Waals surface area contributed by atoms with Crippen molar-refractivity contribution in [2.24, 2.45) is 0 Å². The Morgan fingerprint density at radius 3 is 2.93 bits per heavy atom. The zero-order valence-electron chi connectivity index (χ0n) is 8.79. The van der Waals surface area contributed by atoms with E-state index in [0.29, 0.717) is 12.3 Å². The summed E-state index contributed by atoms with van der Waals surface area (Å²) in [7, 11) is 0. The minimum absolute atomic E-state index is 0.0208. The number of alkyl halides is 1. The largest absolute Gasteiger partial charge is 0.325 e. The second-order valence-electron chi connectivity index (χ2n) is 3.45. The van der Waals surface area contributed by atoms with Crippen LogP contribution in [0.2, 0.25) is 0 Å². The van der Waals surface area contributed by atoms with Crippen molar-refractivity contribution in [2.75, 3.05) is 11.2 Å². The molecule has 1 aromatic heterocycles. The number of aryl methyl sites for hydroxylation is 1. The zero-order chi connectivity index (χ0) is 11.1. The molecule has 0 saturated heterocycles. The number of aromatic nitrogens is 1. The van der Waals surface area contributed by atoms with Crippen molar-refractivity contribution in [3.8, 4) is 0 Å². The fraction of sp³-hybridized carbons (Fsp3) is 0.455. The first-order valence-electron chi connectivity index (χ1n) is 5.00. The van der Waals surface area contributed by atoms with Crippen molar-refractivity contribution in [1.82, 2.24) is 4.98 Å². The number of nitrogens with zero attached hydrogens (tertiary/aromatic N) is 1. The van der Waals surface area contributed by atoms with Crippen LogP contribution in [0.15, 0.2) is 18.5 Å². The lowest BCUT2D eigenvalue weighted by molar-refractivity contribution is -0.116. The van der Waals surface area contributed by atoms with E-state index in [1.165, 1.54) is 0 Å². The van der Waals surface area contributed by atoms with Crippen molar-refractivity contribution in [3.05, 3.63) is 24.0 Å². The zero-order valence-corrected chi connectivity index (χ0v) is 9.55. The molecule has 1 rings (SSSR count). The van der Waals surface area contributed by atoms with Crippen LogP contribution in [-0.4, -0.2) is 16.8 Å². The van der Waals surface area contributed by atoms with Crippen molar-refractivity contribution >= 4 is 23.2 Å². The monoisotopic (exact) mass is 226 g/mol. The van der Waals surface area contributed by atoms with E-state index in [4.69, 9.17) is 11.6 Å². The Bertz CT molecular complexity index is 328. The molecule has 0 unspecified atom stereocenters. The lowest BCUT2D eigenvalue weighted by Gasteiger charge is -2.04. The Balaban J connectivity index is 2.37. The number of pyridine rings is 1. The van der Waals surface area contributed by atoms with Gasteiger partial charge in [0, 0.05) is 18.5 Å². The van der Waals surface area contributed by atoms with Gasteiger partial charge in [0.15, 0.2) is 0 Å². The highest BCUT2D eigenvalue weighted by atomic mass is 35.5. The van der Waals surface area contributed by atoms with E-state index < -0.39 is 0 Å². The second-order valence-corrected chi connectivity index (χ2v) is 3.82. The van der Waals surface area contributed by atoms with Gasteiger partial charge in [-0.25, -0.2) is 0 Å². The molecule has 1 aromatic rings. The predicted octanol–water partition coefficient (Wildman–Crippen LogP) is 2.74. The summed E-state index contributed by atoms with van der Waals surface area (Å²) in [6.45, 7) is 1.94. The minimum Gasteiger partial charge on any atom is -0.325 e. The smallest absolute Gasteiger partial charge is 0.224 e. The van der Waals surface area contributed by atoms with Gasteiger partial charge in [0.1, 0.15) is 0 Å². The lowest BCUT2D eigenvalue weighted by Crippen LogP contribution is -2.11. The van der Waals surface area contributed by atoms with Crippen LogP contribution in [0.4, 0.5) is 5.69 Å². The van der Waals surface area contributed by atoms with Gasteiger partial charge in [-0.2, -0.15) is 0 Å². The number of carbonyl (C=O) groups is 1. The topological polar surface area (TPSA) is 42.0 Å². The van der Waals surface area contributed by atoms with Gasteiger partial charge in [-0.05, 0) is 31.4 Å². The maximum Gasteiger partial charge on any atom is 0.224 e. The summed E-state index contributed by atoms with van der Waals surface area (Å²) in [6, 6.07) is 1.90. The molecule has 0 spiro atoms. The molecule has 4 heteroatoms. The molecule has 1 amide bonds. The molecule has 0 aromatic carbocycles. The van der Waals surface area contributed by atoms with Crippen molar-refractivity contribution in [2.45, 2.75) is 26.2 Å². The molecule has 0 radical (unpaired) electrons. The van der Waals surface area contributed by atoms with E-state index >= 15 is 0 Å². The molecule has 0 aliphatic carbocycles. The molecule has 0 bridgehead atoms. The van der Waals surface area contributed by atoms with Gasteiger partial charge < -0.3 is 5.32 Å². The minimum atomic E-state index is 0.0208. The summed E-state index contributed by atoms with van der Waals surface area (Å²) in [6.07, 6.45) is 5.62. The highest BCUT2D eigenvalue weighted by Gasteiger charge is 2.01. The SMILES string of the molecule is Cc1cncc(NC(=O)CCCCCl)c1. The van der Waals surface area contributed by atoms with Crippen LogP contribution in [0.3, 0.4) is 0 Å². The van der Waals surface area contributed by atoms with Crippen molar-refractivity contribution < 1.29 is 4.79 Å². The van der Waals surface area contributed by atoms with Crippen LogP contribution in [0.5, 0.6) is 0 Å². The highest BCUT2D eigenvalue weighted by Crippen LogP contribution is 2.08. The van der Waals surface area contributed by atoms with Crippen LogP contribution in [-0.2, 0) is 4.79 Å². The van der Waals surface area contributed by atoms with Crippen LogP contribution < -0.4 is 5.32 Å². The van der Waals surface area contributed by atoms with Gasteiger partial charge in [0.2, 0.25) is 5.91 Å². The van der Waals surface area contributed by atoms with Gasteiger partial charge in [-0.1, -0.05) is 0 Å². The molecular formula is C11H15ClN2O. The van der Waals surface area contributed by atoms with Crippen molar-refractivity contribution in [1.29, 1.82) is 0 Å². The molecule has 0 aliphatic rings. The Morgan fingerprint density at radius 1 is 1.47 bits per heavy atom. The second kappa shape index (κ2) is 6.40. The third kappa shape index (κ3) is 4.79. The maximum absolute atomic E-state index is 11.4. The van der Waals surface area contributed by atoms with Crippen molar-refractivity contribution in [3.63, 3.8) is 0 Å². The molecule has 0 fully saturated rings. The predicted molar refractivity (Wildman–Crippen MR) is 62.2 cm³/mol. The molecule has 1 heterocycles. The number of carbonyl (C=O) groups excluding carboxylic acids is 1. The van der Waals surface area contributed by atoms with Crippen LogP contribution in [0, 0.1) is 6.92 Å². The maximum atomic E-state index is 11.4. The summed E-state index contributed by atoms with van der Waals surface area (Å²) in [5, 5.41) is 2.80. The first kappa shape index (κ1) is 12.0. The van der Waals surface area contributed by atoms with E-state index in [2.05, 4.69) is 10.3 Å². The van der Waals surface area contributed by atoms with Gasteiger partial charge in [0.05, 0.1) is 11.9 Å². The fourth-order valence-electron chi connectivity index (χ4n) is 1.23. The first-order chi connectivity index (χ1) is 7.22. The Kier molecular flexibility index (Phi) is 5.12. The van der Waals surface area contributed by atoms with E-state index in [0.717, 1.165) is 24.1 Å². The Hall–Kier alpha value is -1.09. The highest BCUT2D eigenvalue weighted by molar-refractivity contribution is 6.17. The Labute approximate surface area is 94.9 Å². The molecule has 3 nitrogen and oxygen atoms in total. The summed E-state index contributed by atoms with van der Waals surface area (Å²) in [5.41, 5.74) is 1.79.